The fourth-order valence-electron chi connectivity index (χ4n) is 2.82. The van der Waals surface area contributed by atoms with Gasteiger partial charge in [0, 0.05) is 12.7 Å². The molecule has 0 saturated carbocycles. The predicted molar refractivity (Wildman–Crippen MR) is 94.3 cm³/mol. The zero-order chi connectivity index (χ0) is 18.4. The molecule has 2 amide bonds. The zero-order valence-corrected chi connectivity index (χ0v) is 14.2. The summed E-state index contributed by atoms with van der Waals surface area (Å²) in [5, 5.41) is 13.1. The number of β-amino-alcohol motifs (C(OH)–C–C–N with tert-alkyl or cyclic N) is 1. The van der Waals surface area contributed by atoms with E-state index in [0.717, 1.165) is 5.56 Å². The SMILES string of the molecule is O=C(N[C@H]1CCN(C(=O)OCc2ccccc2)C[C@@H]1O)c1ccccn1. The number of pyridine rings is 1. The highest BCUT2D eigenvalue weighted by molar-refractivity contribution is 5.92. The smallest absolute Gasteiger partial charge is 0.410 e. The summed E-state index contributed by atoms with van der Waals surface area (Å²) in [6.07, 6.45) is 0.653. The Morgan fingerprint density at radius 1 is 1.19 bits per heavy atom. The molecule has 0 bridgehead atoms. The van der Waals surface area contributed by atoms with E-state index >= 15 is 0 Å². The van der Waals surface area contributed by atoms with Gasteiger partial charge in [-0.25, -0.2) is 4.79 Å². The average molecular weight is 355 g/mol. The van der Waals surface area contributed by atoms with Crippen molar-refractivity contribution >= 4 is 12.0 Å². The number of benzene rings is 1. The van der Waals surface area contributed by atoms with E-state index in [0.29, 0.717) is 18.7 Å². The van der Waals surface area contributed by atoms with E-state index < -0.39 is 18.2 Å². The molecule has 1 aromatic carbocycles. The van der Waals surface area contributed by atoms with Gasteiger partial charge in [0.25, 0.3) is 5.91 Å². The number of nitrogens with zero attached hydrogens (tertiary/aromatic N) is 2. The number of aliphatic hydroxyl groups excluding tert-OH is 1. The molecule has 2 heterocycles. The van der Waals surface area contributed by atoms with E-state index in [1.54, 1.807) is 18.2 Å². The van der Waals surface area contributed by atoms with Gasteiger partial charge in [0.2, 0.25) is 0 Å². The van der Waals surface area contributed by atoms with E-state index in [2.05, 4.69) is 10.3 Å². The zero-order valence-electron chi connectivity index (χ0n) is 14.2. The molecule has 0 spiro atoms. The minimum Gasteiger partial charge on any atom is -0.445 e. The van der Waals surface area contributed by atoms with Crippen LogP contribution < -0.4 is 5.32 Å². The number of hydrogen-bond donors (Lipinski definition) is 2. The highest BCUT2D eigenvalue weighted by atomic mass is 16.6. The van der Waals surface area contributed by atoms with Gasteiger partial charge in [0.1, 0.15) is 12.3 Å². The molecule has 1 fully saturated rings. The van der Waals surface area contributed by atoms with Gasteiger partial charge in [-0.3, -0.25) is 9.78 Å². The molecule has 7 heteroatoms. The molecule has 2 N–H and O–H groups in total. The Bertz CT molecular complexity index is 739. The highest BCUT2D eigenvalue weighted by Gasteiger charge is 2.32. The Labute approximate surface area is 151 Å². The number of rotatable bonds is 4. The van der Waals surface area contributed by atoms with Crippen molar-refractivity contribution in [1.29, 1.82) is 0 Å². The summed E-state index contributed by atoms with van der Waals surface area (Å²) in [4.78, 5) is 29.7. The van der Waals surface area contributed by atoms with Gasteiger partial charge in [-0.05, 0) is 24.1 Å². The predicted octanol–water partition coefficient (Wildman–Crippen LogP) is 1.58. The Kier molecular flexibility index (Phi) is 5.80. The lowest BCUT2D eigenvalue weighted by Gasteiger charge is -2.35. The van der Waals surface area contributed by atoms with Crippen LogP contribution in [-0.4, -0.2) is 52.2 Å². The van der Waals surface area contributed by atoms with E-state index in [1.807, 2.05) is 30.3 Å². The fourth-order valence-corrected chi connectivity index (χ4v) is 2.82. The summed E-state index contributed by atoms with van der Waals surface area (Å²) in [5.74, 6) is -0.338. The van der Waals surface area contributed by atoms with Crippen molar-refractivity contribution in [3.63, 3.8) is 0 Å². The van der Waals surface area contributed by atoms with E-state index in [1.165, 1.54) is 11.1 Å². The Morgan fingerprint density at radius 2 is 1.96 bits per heavy atom. The first-order valence-electron chi connectivity index (χ1n) is 8.49. The normalized spacial score (nSPS) is 19.7. The van der Waals surface area contributed by atoms with Crippen LogP contribution in [0.2, 0.25) is 0 Å². The summed E-state index contributed by atoms with van der Waals surface area (Å²) in [6, 6.07) is 14.0. The van der Waals surface area contributed by atoms with Crippen LogP contribution in [0, 0.1) is 0 Å². The lowest BCUT2D eigenvalue weighted by atomic mass is 10.0. The Morgan fingerprint density at radius 3 is 2.65 bits per heavy atom. The van der Waals surface area contributed by atoms with Crippen LogP contribution in [0.3, 0.4) is 0 Å². The maximum atomic E-state index is 12.2. The topological polar surface area (TPSA) is 91.8 Å². The molecule has 0 aliphatic carbocycles. The summed E-state index contributed by atoms with van der Waals surface area (Å²) in [7, 11) is 0. The molecule has 1 saturated heterocycles. The number of carbonyl (C=O) groups excluding carboxylic acids is 2. The molecular weight excluding hydrogens is 334 g/mol. The van der Waals surface area contributed by atoms with Crippen LogP contribution in [0.25, 0.3) is 0 Å². The van der Waals surface area contributed by atoms with Crippen molar-refractivity contribution in [2.45, 2.75) is 25.2 Å². The second-order valence-electron chi connectivity index (χ2n) is 6.14. The van der Waals surface area contributed by atoms with E-state index in [9.17, 15) is 14.7 Å². The minimum atomic E-state index is -0.860. The molecule has 1 aromatic heterocycles. The molecule has 2 atom stereocenters. The van der Waals surface area contributed by atoms with Crippen molar-refractivity contribution in [3.8, 4) is 0 Å². The monoisotopic (exact) mass is 355 g/mol. The third kappa shape index (κ3) is 4.58. The summed E-state index contributed by atoms with van der Waals surface area (Å²) < 4.78 is 5.28. The highest BCUT2D eigenvalue weighted by Crippen LogP contribution is 2.14. The summed E-state index contributed by atoms with van der Waals surface area (Å²) in [6.45, 7) is 0.699. The van der Waals surface area contributed by atoms with E-state index in [-0.39, 0.29) is 19.1 Å². The molecule has 2 aromatic rings. The molecular formula is C19H21N3O4. The number of hydrogen-bond acceptors (Lipinski definition) is 5. The van der Waals surface area contributed by atoms with Crippen molar-refractivity contribution < 1.29 is 19.4 Å². The van der Waals surface area contributed by atoms with Gasteiger partial charge in [0.15, 0.2) is 0 Å². The molecule has 3 rings (SSSR count). The number of ether oxygens (including phenoxy) is 1. The number of piperidine rings is 1. The average Bonchev–Trinajstić information content (AvgIpc) is 2.69. The van der Waals surface area contributed by atoms with Crippen LogP contribution in [0.15, 0.2) is 54.7 Å². The number of aromatic nitrogens is 1. The van der Waals surface area contributed by atoms with Gasteiger partial charge in [-0.1, -0.05) is 36.4 Å². The number of carbonyl (C=O) groups is 2. The molecule has 136 valence electrons. The second-order valence-corrected chi connectivity index (χ2v) is 6.14. The maximum Gasteiger partial charge on any atom is 0.410 e. The van der Waals surface area contributed by atoms with Crippen LogP contribution in [0.5, 0.6) is 0 Å². The van der Waals surface area contributed by atoms with E-state index in [4.69, 9.17) is 4.74 Å². The number of amides is 2. The van der Waals surface area contributed by atoms with Crippen molar-refractivity contribution in [2.24, 2.45) is 0 Å². The van der Waals surface area contributed by atoms with Crippen molar-refractivity contribution in [1.82, 2.24) is 15.2 Å². The van der Waals surface area contributed by atoms with Gasteiger partial charge < -0.3 is 20.1 Å². The Hall–Kier alpha value is -2.93. The number of likely N-dealkylation sites (tertiary alicyclic amines) is 1. The number of aliphatic hydroxyl groups is 1. The minimum absolute atomic E-state index is 0.112. The fraction of sp³-hybridized carbons (Fsp3) is 0.316. The first kappa shape index (κ1) is 17.9. The van der Waals surface area contributed by atoms with Crippen LogP contribution in [-0.2, 0) is 11.3 Å². The second kappa shape index (κ2) is 8.44. The third-order valence-corrected chi connectivity index (χ3v) is 4.26. The lowest BCUT2D eigenvalue weighted by molar-refractivity contribution is 0.0268. The molecule has 0 unspecified atom stereocenters. The van der Waals surface area contributed by atoms with Gasteiger partial charge in [-0.15, -0.1) is 0 Å². The summed E-state index contributed by atoms with van der Waals surface area (Å²) >= 11 is 0. The van der Waals surface area contributed by atoms with Gasteiger partial charge >= 0.3 is 6.09 Å². The molecule has 0 radical (unpaired) electrons. The van der Waals surface area contributed by atoms with Crippen LogP contribution >= 0.6 is 0 Å². The quantitative estimate of drug-likeness (QED) is 0.869. The van der Waals surface area contributed by atoms with Crippen molar-refractivity contribution in [3.05, 3.63) is 66.0 Å². The first-order chi connectivity index (χ1) is 12.6. The summed E-state index contributed by atoms with van der Waals surface area (Å²) in [5.41, 5.74) is 1.20. The van der Waals surface area contributed by atoms with Gasteiger partial charge in [-0.2, -0.15) is 0 Å². The molecule has 7 nitrogen and oxygen atoms in total. The van der Waals surface area contributed by atoms with Crippen LogP contribution in [0.4, 0.5) is 4.79 Å². The molecule has 1 aliphatic heterocycles. The molecule has 26 heavy (non-hydrogen) atoms. The van der Waals surface area contributed by atoms with Crippen molar-refractivity contribution in [2.75, 3.05) is 13.1 Å². The van der Waals surface area contributed by atoms with Gasteiger partial charge in [0.05, 0.1) is 18.7 Å². The van der Waals surface area contributed by atoms with Crippen LogP contribution in [0.1, 0.15) is 22.5 Å². The molecule has 1 aliphatic rings. The lowest BCUT2D eigenvalue weighted by Crippen LogP contribution is -2.55. The Balaban J connectivity index is 1.48. The standard InChI is InChI=1S/C19H21N3O4/c23-17-12-22(19(25)26-13-14-6-2-1-3-7-14)11-9-15(17)21-18(24)16-8-4-5-10-20-16/h1-8,10,15,17,23H,9,11-13H2,(H,21,24)/t15-,17-/m0/s1. The first-order valence-corrected chi connectivity index (χ1v) is 8.49. The number of nitrogens with one attached hydrogen (secondary N) is 1. The third-order valence-electron chi connectivity index (χ3n) is 4.26. The maximum absolute atomic E-state index is 12.2. The largest absolute Gasteiger partial charge is 0.445 e.